The molecule has 0 aliphatic rings. The van der Waals surface area contributed by atoms with Crippen LogP contribution in [-0.4, -0.2) is 44.2 Å². The average molecular weight is 328 g/mol. The van der Waals surface area contributed by atoms with Crippen LogP contribution in [0.4, 0.5) is 0 Å². The van der Waals surface area contributed by atoms with Crippen LogP contribution in [0.1, 0.15) is 19.4 Å². The second-order valence-electron chi connectivity index (χ2n) is 5.38. The first-order chi connectivity index (χ1) is 11.2. The second kappa shape index (κ2) is 6.58. The minimum absolute atomic E-state index is 0.133. The largest absolute Gasteiger partial charge is 0.343 e. The lowest BCUT2D eigenvalue weighted by Gasteiger charge is -2.17. The van der Waals surface area contributed by atoms with E-state index in [0.717, 1.165) is 40.4 Å². The molecular formula is C17H20N4OS. The minimum atomic E-state index is 0.133. The molecule has 0 radical (unpaired) electrons. The van der Waals surface area contributed by atoms with E-state index in [4.69, 9.17) is 0 Å². The molecule has 0 saturated heterocycles. The van der Waals surface area contributed by atoms with Gasteiger partial charge in [-0.15, -0.1) is 10.2 Å². The lowest BCUT2D eigenvalue weighted by molar-refractivity contribution is -0.127. The van der Waals surface area contributed by atoms with Crippen molar-refractivity contribution in [2.24, 2.45) is 0 Å². The molecule has 0 unspecified atom stereocenters. The molecule has 2 aromatic heterocycles. The summed E-state index contributed by atoms with van der Waals surface area (Å²) in [6.45, 7) is 7.49. The summed E-state index contributed by atoms with van der Waals surface area (Å²) in [6.07, 6.45) is 0. The van der Waals surface area contributed by atoms with Crippen molar-refractivity contribution < 1.29 is 4.79 Å². The molecule has 2 heterocycles. The van der Waals surface area contributed by atoms with Crippen LogP contribution < -0.4 is 0 Å². The van der Waals surface area contributed by atoms with Crippen LogP contribution in [0.3, 0.4) is 0 Å². The number of aryl methyl sites for hydroxylation is 1. The van der Waals surface area contributed by atoms with Gasteiger partial charge in [-0.2, -0.15) is 0 Å². The number of hydrogen-bond acceptors (Lipinski definition) is 4. The van der Waals surface area contributed by atoms with Gasteiger partial charge < -0.3 is 4.90 Å². The Labute approximate surface area is 139 Å². The molecule has 0 N–H and O–H groups in total. The zero-order valence-electron chi connectivity index (χ0n) is 13.6. The molecule has 5 nitrogen and oxygen atoms in total. The standard InChI is InChI=1S/C17H20N4OS/c1-4-20(5-2)15(22)11-23-17-19-18-16-12(3)10-13-8-6-7-9-14(13)21(16)17/h6-10H,4-5,11H2,1-3H3. The average Bonchev–Trinajstić information content (AvgIpc) is 2.99. The molecule has 3 aromatic rings. The topological polar surface area (TPSA) is 50.5 Å². The summed E-state index contributed by atoms with van der Waals surface area (Å²) in [5.74, 6) is 0.513. The molecule has 1 amide bonds. The Balaban J connectivity index is 1.97. The summed E-state index contributed by atoms with van der Waals surface area (Å²) in [5.41, 5.74) is 3.00. The maximum absolute atomic E-state index is 12.2. The predicted molar refractivity (Wildman–Crippen MR) is 93.9 cm³/mol. The van der Waals surface area contributed by atoms with Gasteiger partial charge >= 0.3 is 0 Å². The van der Waals surface area contributed by atoms with Crippen LogP contribution in [0.5, 0.6) is 0 Å². The maximum atomic E-state index is 12.2. The minimum Gasteiger partial charge on any atom is -0.343 e. The normalized spacial score (nSPS) is 11.3. The molecule has 23 heavy (non-hydrogen) atoms. The molecule has 0 bridgehead atoms. The lowest BCUT2D eigenvalue weighted by atomic mass is 10.1. The van der Waals surface area contributed by atoms with E-state index in [2.05, 4.69) is 28.4 Å². The van der Waals surface area contributed by atoms with Gasteiger partial charge in [0, 0.05) is 13.1 Å². The highest BCUT2D eigenvalue weighted by Gasteiger charge is 2.15. The van der Waals surface area contributed by atoms with Crippen molar-refractivity contribution in [2.45, 2.75) is 25.9 Å². The second-order valence-corrected chi connectivity index (χ2v) is 6.32. The Hall–Kier alpha value is -2.08. The van der Waals surface area contributed by atoms with Gasteiger partial charge in [-0.25, -0.2) is 0 Å². The molecule has 6 heteroatoms. The van der Waals surface area contributed by atoms with Crippen molar-refractivity contribution in [2.75, 3.05) is 18.8 Å². The maximum Gasteiger partial charge on any atom is 0.233 e. The van der Waals surface area contributed by atoms with E-state index in [1.54, 1.807) is 0 Å². The molecular weight excluding hydrogens is 308 g/mol. The molecule has 0 atom stereocenters. The molecule has 0 fully saturated rings. The molecule has 0 aliphatic heterocycles. The van der Waals surface area contributed by atoms with Crippen LogP contribution in [-0.2, 0) is 4.79 Å². The summed E-state index contributed by atoms with van der Waals surface area (Å²) in [7, 11) is 0. The number of hydrogen-bond donors (Lipinski definition) is 0. The third-order valence-electron chi connectivity index (χ3n) is 3.98. The Morgan fingerprint density at radius 1 is 1.22 bits per heavy atom. The Morgan fingerprint density at radius 3 is 2.70 bits per heavy atom. The van der Waals surface area contributed by atoms with Crippen molar-refractivity contribution in [3.8, 4) is 0 Å². The SMILES string of the molecule is CCN(CC)C(=O)CSc1nnc2c(C)cc3ccccc3n12. The van der Waals surface area contributed by atoms with Gasteiger partial charge in [0.2, 0.25) is 5.91 Å². The summed E-state index contributed by atoms with van der Waals surface area (Å²) in [6, 6.07) is 10.3. The monoisotopic (exact) mass is 328 g/mol. The number of fused-ring (bicyclic) bond motifs is 3. The van der Waals surface area contributed by atoms with Crippen LogP contribution in [0.2, 0.25) is 0 Å². The van der Waals surface area contributed by atoms with E-state index in [9.17, 15) is 4.79 Å². The van der Waals surface area contributed by atoms with E-state index < -0.39 is 0 Å². The third-order valence-corrected chi connectivity index (χ3v) is 4.89. The number of benzene rings is 1. The summed E-state index contributed by atoms with van der Waals surface area (Å²) in [5, 5.41) is 10.5. The van der Waals surface area contributed by atoms with Crippen LogP contribution in [0, 0.1) is 6.92 Å². The van der Waals surface area contributed by atoms with Crippen LogP contribution in [0.15, 0.2) is 35.5 Å². The van der Waals surface area contributed by atoms with E-state index in [1.807, 2.05) is 42.2 Å². The van der Waals surface area contributed by atoms with Gasteiger partial charge in [-0.3, -0.25) is 9.20 Å². The van der Waals surface area contributed by atoms with Crippen LogP contribution in [0.25, 0.3) is 16.6 Å². The van der Waals surface area contributed by atoms with Crippen molar-refractivity contribution in [3.63, 3.8) is 0 Å². The van der Waals surface area contributed by atoms with Crippen LogP contribution >= 0.6 is 11.8 Å². The summed E-state index contributed by atoms with van der Waals surface area (Å²) >= 11 is 1.45. The van der Waals surface area contributed by atoms with E-state index in [0.29, 0.717) is 5.75 Å². The van der Waals surface area contributed by atoms with Crippen molar-refractivity contribution in [1.82, 2.24) is 19.5 Å². The van der Waals surface area contributed by atoms with E-state index >= 15 is 0 Å². The molecule has 0 saturated carbocycles. The molecule has 0 spiro atoms. The summed E-state index contributed by atoms with van der Waals surface area (Å²) in [4.78, 5) is 14.0. The fourth-order valence-electron chi connectivity index (χ4n) is 2.74. The quantitative estimate of drug-likeness (QED) is 0.675. The Bertz CT molecular complexity index is 854. The number of amides is 1. The van der Waals surface area contributed by atoms with Gasteiger partial charge in [0.1, 0.15) is 0 Å². The Kier molecular flexibility index (Phi) is 4.52. The first-order valence-electron chi connectivity index (χ1n) is 7.79. The van der Waals surface area contributed by atoms with Gasteiger partial charge in [0.25, 0.3) is 0 Å². The number of carbonyl (C=O) groups excluding carboxylic acids is 1. The number of aromatic nitrogens is 3. The van der Waals surface area contributed by atoms with Gasteiger partial charge in [-0.1, -0.05) is 30.0 Å². The Morgan fingerprint density at radius 2 is 1.96 bits per heavy atom. The molecule has 120 valence electrons. The van der Waals surface area contributed by atoms with Gasteiger partial charge in [0.05, 0.1) is 11.3 Å². The third kappa shape index (κ3) is 2.91. The van der Waals surface area contributed by atoms with E-state index in [-0.39, 0.29) is 5.91 Å². The fourth-order valence-corrected chi connectivity index (χ4v) is 3.59. The number of para-hydroxylation sites is 1. The highest BCUT2D eigenvalue weighted by Crippen LogP contribution is 2.25. The summed E-state index contributed by atoms with van der Waals surface area (Å²) < 4.78 is 2.05. The highest BCUT2D eigenvalue weighted by molar-refractivity contribution is 7.99. The van der Waals surface area contributed by atoms with Crippen molar-refractivity contribution in [3.05, 3.63) is 35.9 Å². The van der Waals surface area contributed by atoms with Gasteiger partial charge in [0.15, 0.2) is 10.8 Å². The zero-order chi connectivity index (χ0) is 16.4. The molecule has 1 aromatic carbocycles. The number of pyridine rings is 1. The van der Waals surface area contributed by atoms with Crippen molar-refractivity contribution >= 4 is 34.2 Å². The smallest absolute Gasteiger partial charge is 0.233 e. The fraction of sp³-hybridized carbons (Fsp3) is 0.353. The zero-order valence-corrected chi connectivity index (χ0v) is 14.4. The molecule has 0 aliphatic carbocycles. The van der Waals surface area contributed by atoms with Crippen molar-refractivity contribution in [1.29, 1.82) is 0 Å². The number of carbonyl (C=O) groups is 1. The van der Waals surface area contributed by atoms with E-state index in [1.165, 1.54) is 11.8 Å². The number of thioether (sulfide) groups is 1. The number of nitrogens with zero attached hydrogens (tertiary/aromatic N) is 4. The highest BCUT2D eigenvalue weighted by atomic mass is 32.2. The van der Waals surface area contributed by atoms with Gasteiger partial charge in [-0.05, 0) is 43.9 Å². The first kappa shape index (κ1) is 15.8. The lowest BCUT2D eigenvalue weighted by Crippen LogP contribution is -2.31. The molecule has 3 rings (SSSR count). The predicted octanol–water partition coefficient (Wildman–Crippen LogP) is 3.15. The first-order valence-corrected chi connectivity index (χ1v) is 8.78. The number of rotatable bonds is 5.